The lowest BCUT2D eigenvalue weighted by molar-refractivity contribution is 1.02. The fourth-order valence-electron chi connectivity index (χ4n) is 1.70. The lowest BCUT2D eigenvalue weighted by Crippen LogP contribution is -2.07. The number of nitrogens with two attached hydrogens (primary N) is 1. The van der Waals surface area contributed by atoms with E-state index >= 15 is 0 Å². The molecule has 88 valence electrons. The molecule has 0 spiro atoms. The van der Waals surface area contributed by atoms with Gasteiger partial charge < -0.3 is 11.1 Å². The summed E-state index contributed by atoms with van der Waals surface area (Å²) < 4.78 is 0. The van der Waals surface area contributed by atoms with Crippen LogP contribution in [0.25, 0.3) is 0 Å². The normalized spacial score (nSPS) is 10.2. The molecule has 0 atom stereocenters. The minimum Gasteiger partial charge on any atom is -0.397 e. The smallest absolute Gasteiger partial charge is 0.0763 e. The Labute approximate surface area is 106 Å². The number of rotatable bonds is 4. The predicted molar refractivity (Wildman–Crippen MR) is 74.5 cm³/mol. The first-order valence-corrected chi connectivity index (χ1v) is 5.97. The van der Waals surface area contributed by atoms with Gasteiger partial charge in [0.2, 0.25) is 0 Å². The topological polar surface area (TPSA) is 38.0 Å². The largest absolute Gasteiger partial charge is 0.397 e. The quantitative estimate of drug-likeness (QED) is 0.810. The minimum absolute atomic E-state index is 0.665. The van der Waals surface area contributed by atoms with Crippen molar-refractivity contribution >= 4 is 23.0 Å². The van der Waals surface area contributed by atoms with Crippen molar-refractivity contribution in [1.82, 2.24) is 0 Å². The second-order valence-electron chi connectivity index (χ2n) is 3.87. The average Bonchev–Trinajstić information content (AvgIpc) is 2.34. The number of nitrogens with one attached hydrogen (secondary N) is 1. The summed E-state index contributed by atoms with van der Waals surface area (Å²) in [5.41, 5.74) is 8.66. The molecule has 0 aliphatic heterocycles. The molecule has 0 amide bonds. The summed E-state index contributed by atoms with van der Waals surface area (Å²) in [6.45, 7) is 0.817. The predicted octanol–water partition coefficient (Wildman–Crippen LogP) is 3.58. The first kappa shape index (κ1) is 11.8. The van der Waals surface area contributed by atoms with Crippen molar-refractivity contribution in [1.29, 1.82) is 0 Å². The number of nitrogen functional groups attached to an aromatic ring is 1. The molecule has 17 heavy (non-hydrogen) atoms. The van der Waals surface area contributed by atoms with E-state index in [1.807, 2.05) is 36.4 Å². The van der Waals surface area contributed by atoms with Crippen LogP contribution >= 0.6 is 11.6 Å². The molecule has 3 N–H and O–H groups in total. The van der Waals surface area contributed by atoms with Gasteiger partial charge in [-0.15, -0.1) is 0 Å². The number of hydrogen-bond acceptors (Lipinski definition) is 2. The molecule has 0 aromatic heterocycles. The fourth-order valence-corrected chi connectivity index (χ4v) is 1.95. The van der Waals surface area contributed by atoms with Crippen molar-refractivity contribution in [2.24, 2.45) is 0 Å². The summed E-state index contributed by atoms with van der Waals surface area (Å²) in [5.74, 6) is 0. The number of halogens is 1. The molecule has 2 aromatic rings. The van der Waals surface area contributed by atoms with Crippen molar-refractivity contribution in [3.8, 4) is 0 Å². The molecule has 0 saturated heterocycles. The zero-order chi connectivity index (χ0) is 12.1. The molecule has 0 aliphatic rings. The summed E-state index contributed by atoms with van der Waals surface area (Å²) >= 11 is 6.07. The van der Waals surface area contributed by atoms with Gasteiger partial charge in [-0.25, -0.2) is 0 Å². The van der Waals surface area contributed by atoms with Gasteiger partial charge in [0.25, 0.3) is 0 Å². The van der Waals surface area contributed by atoms with Gasteiger partial charge in [-0.2, -0.15) is 0 Å². The van der Waals surface area contributed by atoms with E-state index < -0.39 is 0 Å². The van der Waals surface area contributed by atoms with Crippen LogP contribution in [-0.4, -0.2) is 6.54 Å². The van der Waals surface area contributed by atoms with Crippen LogP contribution in [0.1, 0.15) is 5.56 Å². The third kappa shape index (κ3) is 3.14. The van der Waals surface area contributed by atoms with Gasteiger partial charge in [-0.3, -0.25) is 0 Å². The van der Waals surface area contributed by atoms with E-state index in [0.717, 1.165) is 18.7 Å². The monoisotopic (exact) mass is 246 g/mol. The van der Waals surface area contributed by atoms with E-state index in [1.165, 1.54) is 5.56 Å². The second kappa shape index (κ2) is 5.60. The summed E-state index contributed by atoms with van der Waals surface area (Å²) in [5, 5.41) is 3.94. The molecule has 0 bridgehead atoms. The highest BCUT2D eigenvalue weighted by Crippen LogP contribution is 2.27. The van der Waals surface area contributed by atoms with Crippen LogP contribution in [-0.2, 0) is 6.42 Å². The fraction of sp³-hybridized carbons (Fsp3) is 0.143. The van der Waals surface area contributed by atoms with Gasteiger partial charge in [-0.05, 0) is 24.1 Å². The van der Waals surface area contributed by atoms with Crippen molar-refractivity contribution in [2.75, 3.05) is 17.6 Å². The third-order valence-electron chi connectivity index (χ3n) is 2.60. The molecule has 2 nitrogen and oxygen atoms in total. The first-order valence-electron chi connectivity index (χ1n) is 5.59. The van der Waals surface area contributed by atoms with Gasteiger partial charge in [0, 0.05) is 6.54 Å². The Morgan fingerprint density at radius 1 is 1.00 bits per heavy atom. The number of hydrogen-bond donors (Lipinski definition) is 2. The maximum atomic E-state index is 6.07. The number of para-hydroxylation sites is 1. The molecule has 0 unspecified atom stereocenters. The van der Waals surface area contributed by atoms with Crippen molar-refractivity contribution in [2.45, 2.75) is 6.42 Å². The third-order valence-corrected chi connectivity index (χ3v) is 2.92. The Morgan fingerprint density at radius 2 is 1.76 bits per heavy atom. The van der Waals surface area contributed by atoms with Crippen LogP contribution in [0.15, 0.2) is 48.5 Å². The van der Waals surface area contributed by atoms with Crippen molar-refractivity contribution in [3.63, 3.8) is 0 Å². The van der Waals surface area contributed by atoms with Crippen LogP contribution in [0.5, 0.6) is 0 Å². The van der Waals surface area contributed by atoms with Crippen molar-refractivity contribution in [3.05, 3.63) is 59.1 Å². The molecule has 2 rings (SSSR count). The maximum absolute atomic E-state index is 6.07. The second-order valence-corrected chi connectivity index (χ2v) is 4.27. The zero-order valence-corrected chi connectivity index (χ0v) is 10.2. The van der Waals surface area contributed by atoms with Crippen LogP contribution in [0, 0.1) is 0 Å². The van der Waals surface area contributed by atoms with Gasteiger partial charge in [0.1, 0.15) is 0 Å². The van der Waals surface area contributed by atoms with E-state index in [4.69, 9.17) is 17.3 Å². The Kier molecular flexibility index (Phi) is 3.89. The van der Waals surface area contributed by atoms with Crippen LogP contribution in [0.2, 0.25) is 5.02 Å². The molecule has 3 heteroatoms. The Balaban J connectivity index is 1.95. The highest BCUT2D eigenvalue weighted by Gasteiger charge is 2.02. The van der Waals surface area contributed by atoms with Gasteiger partial charge in [0.05, 0.1) is 16.4 Å². The standard InChI is InChI=1S/C14H15ClN2/c15-12-7-4-8-13(16)14(12)17-10-9-11-5-2-1-3-6-11/h1-8,17H,9-10,16H2. The first-order chi connectivity index (χ1) is 8.27. The summed E-state index contributed by atoms with van der Waals surface area (Å²) in [4.78, 5) is 0. The summed E-state index contributed by atoms with van der Waals surface area (Å²) in [6.07, 6.45) is 0.950. The lowest BCUT2D eigenvalue weighted by atomic mass is 10.1. The average molecular weight is 247 g/mol. The van der Waals surface area contributed by atoms with E-state index in [1.54, 1.807) is 0 Å². The van der Waals surface area contributed by atoms with Crippen molar-refractivity contribution < 1.29 is 0 Å². The molecule has 0 radical (unpaired) electrons. The molecule has 2 aromatic carbocycles. The molecular formula is C14H15ClN2. The summed E-state index contributed by atoms with van der Waals surface area (Å²) in [6, 6.07) is 15.8. The number of anilines is 2. The van der Waals surface area contributed by atoms with Crippen LogP contribution in [0.4, 0.5) is 11.4 Å². The van der Waals surface area contributed by atoms with E-state index in [-0.39, 0.29) is 0 Å². The Bertz CT molecular complexity index is 463. The lowest BCUT2D eigenvalue weighted by Gasteiger charge is -2.10. The van der Waals surface area contributed by atoms with E-state index in [0.29, 0.717) is 10.7 Å². The molecule has 0 heterocycles. The van der Waals surface area contributed by atoms with Gasteiger partial charge >= 0.3 is 0 Å². The zero-order valence-electron chi connectivity index (χ0n) is 9.49. The van der Waals surface area contributed by atoms with Gasteiger partial charge in [0.15, 0.2) is 0 Å². The Hall–Kier alpha value is -1.67. The minimum atomic E-state index is 0.665. The maximum Gasteiger partial charge on any atom is 0.0763 e. The van der Waals surface area contributed by atoms with E-state index in [9.17, 15) is 0 Å². The molecule has 0 saturated carbocycles. The van der Waals surface area contributed by atoms with Crippen LogP contribution < -0.4 is 11.1 Å². The number of benzene rings is 2. The molecular weight excluding hydrogens is 232 g/mol. The molecule has 0 fully saturated rings. The van der Waals surface area contributed by atoms with E-state index in [2.05, 4.69) is 17.4 Å². The van der Waals surface area contributed by atoms with Gasteiger partial charge in [-0.1, -0.05) is 48.0 Å². The highest BCUT2D eigenvalue weighted by atomic mass is 35.5. The highest BCUT2D eigenvalue weighted by molar-refractivity contribution is 6.33. The SMILES string of the molecule is Nc1cccc(Cl)c1NCCc1ccccc1. The Morgan fingerprint density at radius 3 is 2.47 bits per heavy atom. The molecule has 0 aliphatic carbocycles. The summed E-state index contributed by atoms with van der Waals surface area (Å²) in [7, 11) is 0. The van der Waals surface area contributed by atoms with Crippen LogP contribution in [0.3, 0.4) is 0 Å².